The van der Waals surface area contributed by atoms with Gasteiger partial charge in [0.2, 0.25) is 0 Å². The smallest absolute Gasteiger partial charge is 0.185 e. The molecule has 0 bridgehead atoms. The maximum Gasteiger partial charge on any atom is 0.185 e. The Hall–Kier alpha value is -0.280. The summed E-state index contributed by atoms with van der Waals surface area (Å²) in [5.74, 6) is 0. The molecule has 4 atom stereocenters. The summed E-state index contributed by atoms with van der Waals surface area (Å²) in [5, 5.41) is 19.7. The summed E-state index contributed by atoms with van der Waals surface area (Å²) in [4.78, 5) is 0. The van der Waals surface area contributed by atoms with Gasteiger partial charge in [0.15, 0.2) is 12.6 Å². The molecule has 0 aromatic rings. The molecule has 1 aliphatic heterocycles. The van der Waals surface area contributed by atoms with Crippen LogP contribution >= 0.6 is 0 Å². The van der Waals surface area contributed by atoms with Crippen molar-refractivity contribution in [1.29, 1.82) is 0 Å². The van der Waals surface area contributed by atoms with Crippen molar-refractivity contribution in [2.45, 2.75) is 37.0 Å². The maximum atomic E-state index is 9.85. The number of hydrogen-bond donors (Lipinski definition) is 2. The first-order valence-electron chi connectivity index (χ1n) is 5.23. The number of methoxy groups -OCH3 is 4. The van der Waals surface area contributed by atoms with Crippen LogP contribution in [0.5, 0.6) is 0 Å². The van der Waals surface area contributed by atoms with E-state index in [9.17, 15) is 10.2 Å². The average Bonchev–Trinajstić information content (AvgIpc) is 2.62. The Balaban J connectivity index is 2.74. The molecule has 1 saturated heterocycles. The molecule has 17 heavy (non-hydrogen) atoms. The minimum atomic E-state index is -1.13. The van der Waals surface area contributed by atoms with E-state index in [1.165, 1.54) is 28.4 Å². The highest BCUT2D eigenvalue weighted by Gasteiger charge is 2.50. The van der Waals surface area contributed by atoms with Crippen LogP contribution in [0.3, 0.4) is 0 Å². The molecule has 2 N–H and O–H groups in total. The molecule has 0 amide bonds. The van der Waals surface area contributed by atoms with E-state index < -0.39 is 37.0 Å². The van der Waals surface area contributed by atoms with Gasteiger partial charge in [-0.05, 0) is 0 Å². The van der Waals surface area contributed by atoms with E-state index in [-0.39, 0.29) is 0 Å². The van der Waals surface area contributed by atoms with Gasteiger partial charge >= 0.3 is 0 Å². The lowest BCUT2D eigenvalue weighted by atomic mass is 10.1. The SMILES string of the molecule is COC(OC)[C@H]1O[C@H](C(OC)OC)[C@@H](O)[C@@H]1O. The first-order chi connectivity index (χ1) is 8.10. The van der Waals surface area contributed by atoms with Crippen molar-refractivity contribution in [3.05, 3.63) is 0 Å². The average molecular weight is 252 g/mol. The summed E-state index contributed by atoms with van der Waals surface area (Å²) >= 11 is 0. The quantitative estimate of drug-likeness (QED) is 0.569. The predicted molar refractivity (Wildman–Crippen MR) is 56.3 cm³/mol. The van der Waals surface area contributed by atoms with Gasteiger partial charge in [-0.15, -0.1) is 0 Å². The summed E-state index contributed by atoms with van der Waals surface area (Å²) in [6.45, 7) is 0. The van der Waals surface area contributed by atoms with Gasteiger partial charge in [-0.2, -0.15) is 0 Å². The van der Waals surface area contributed by atoms with Crippen LogP contribution < -0.4 is 0 Å². The third kappa shape index (κ3) is 2.94. The summed E-state index contributed by atoms with van der Waals surface area (Å²) in [5.41, 5.74) is 0. The lowest BCUT2D eigenvalue weighted by Crippen LogP contribution is -2.42. The van der Waals surface area contributed by atoms with Crippen LogP contribution in [0.4, 0.5) is 0 Å². The van der Waals surface area contributed by atoms with Crippen LogP contribution in [0.1, 0.15) is 0 Å². The molecule has 0 unspecified atom stereocenters. The van der Waals surface area contributed by atoms with Crippen molar-refractivity contribution in [3.8, 4) is 0 Å². The highest BCUT2D eigenvalue weighted by atomic mass is 16.7. The van der Waals surface area contributed by atoms with E-state index >= 15 is 0 Å². The molecule has 7 nitrogen and oxygen atoms in total. The molecule has 0 saturated carbocycles. The van der Waals surface area contributed by atoms with Crippen LogP contribution in [-0.2, 0) is 23.7 Å². The molecule has 7 heteroatoms. The number of hydrogen-bond acceptors (Lipinski definition) is 7. The lowest BCUT2D eigenvalue weighted by molar-refractivity contribution is -0.226. The Kier molecular flexibility index (Phi) is 5.74. The molecule has 0 aromatic carbocycles. The van der Waals surface area contributed by atoms with Crippen LogP contribution in [-0.4, -0.2) is 75.6 Å². The first kappa shape index (κ1) is 14.8. The molecule has 1 fully saturated rings. The Bertz CT molecular complexity index is 195. The summed E-state index contributed by atoms with van der Waals surface area (Å²) in [6, 6.07) is 0. The molecule has 0 spiro atoms. The minimum Gasteiger partial charge on any atom is -0.387 e. The summed E-state index contributed by atoms with van der Waals surface area (Å²) in [6.07, 6.45) is -5.37. The van der Waals surface area contributed by atoms with Crippen LogP contribution in [0.15, 0.2) is 0 Å². The fourth-order valence-corrected chi connectivity index (χ4v) is 1.91. The Morgan fingerprint density at radius 1 is 0.765 bits per heavy atom. The standard InChI is InChI=1S/C10H20O7/c1-13-9(14-2)7-5(11)6(12)8(17-7)10(15-3)16-4/h5-12H,1-4H3/t5-,6-,7-,8-/m0/s1. The third-order valence-corrected chi connectivity index (χ3v) is 2.80. The van der Waals surface area contributed by atoms with Crippen molar-refractivity contribution in [1.82, 2.24) is 0 Å². The predicted octanol–water partition coefficient (Wildman–Crippen LogP) is -1.29. The second-order valence-corrected chi connectivity index (χ2v) is 3.73. The monoisotopic (exact) mass is 252 g/mol. The van der Waals surface area contributed by atoms with E-state index in [1.807, 2.05) is 0 Å². The first-order valence-corrected chi connectivity index (χ1v) is 5.23. The number of ether oxygens (including phenoxy) is 5. The van der Waals surface area contributed by atoms with E-state index in [4.69, 9.17) is 23.7 Å². The zero-order valence-electron chi connectivity index (χ0n) is 10.4. The van der Waals surface area contributed by atoms with Gasteiger partial charge in [0, 0.05) is 28.4 Å². The van der Waals surface area contributed by atoms with Gasteiger partial charge in [0.1, 0.15) is 24.4 Å². The summed E-state index contributed by atoms with van der Waals surface area (Å²) in [7, 11) is 5.70. The van der Waals surface area contributed by atoms with E-state index in [0.29, 0.717) is 0 Å². The highest BCUT2D eigenvalue weighted by Crippen LogP contribution is 2.28. The molecule has 1 heterocycles. The van der Waals surface area contributed by atoms with Crippen molar-refractivity contribution in [3.63, 3.8) is 0 Å². The molecule has 0 aromatic heterocycles. The Morgan fingerprint density at radius 2 is 1.06 bits per heavy atom. The Morgan fingerprint density at radius 3 is 1.29 bits per heavy atom. The maximum absolute atomic E-state index is 9.85. The van der Waals surface area contributed by atoms with Crippen molar-refractivity contribution in [2.75, 3.05) is 28.4 Å². The largest absolute Gasteiger partial charge is 0.387 e. The number of aliphatic hydroxyl groups is 2. The van der Waals surface area contributed by atoms with E-state index in [2.05, 4.69) is 0 Å². The van der Waals surface area contributed by atoms with Gasteiger partial charge in [-0.3, -0.25) is 0 Å². The van der Waals surface area contributed by atoms with Crippen molar-refractivity contribution in [2.24, 2.45) is 0 Å². The van der Waals surface area contributed by atoms with Gasteiger partial charge in [0.05, 0.1) is 0 Å². The minimum absolute atomic E-state index is 0.765. The molecule has 102 valence electrons. The molecule has 0 aliphatic carbocycles. The van der Waals surface area contributed by atoms with Gasteiger partial charge in [0.25, 0.3) is 0 Å². The molecular weight excluding hydrogens is 232 g/mol. The van der Waals surface area contributed by atoms with Gasteiger partial charge in [-0.25, -0.2) is 0 Å². The van der Waals surface area contributed by atoms with Crippen LogP contribution in [0, 0.1) is 0 Å². The summed E-state index contributed by atoms with van der Waals surface area (Å²) < 4.78 is 25.5. The molecule has 1 rings (SSSR count). The number of aliphatic hydroxyl groups excluding tert-OH is 2. The normalized spacial score (nSPS) is 33.9. The fourth-order valence-electron chi connectivity index (χ4n) is 1.91. The third-order valence-electron chi connectivity index (χ3n) is 2.80. The van der Waals surface area contributed by atoms with E-state index in [0.717, 1.165) is 0 Å². The zero-order chi connectivity index (χ0) is 13.0. The fraction of sp³-hybridized carbons (Fsp3) is 1.00. The molecule has 1 aliphatic rings. The van der Waals surface area contributed by atoms with Crippen LogP contribution in [0.2, 0.25) is 0 Å². The molecule has 0 radical (unpaired) electrons. The highest BCUT2D eigenvalue weighted by molar-refractivity contribution is 4.93. The second-order valence-electron chi connectivity index (χ2n) is 3.73. The zero-order valence-corrected chi connectivity index (χ0v) is 10.4. The second kappa shape index (κ2) is 6.60. The van der Waals surface area contributed by atoms with Crippen LogP contribution in [0.25, 0.3) is 0 Å². The van der Waals surface area contributed by atoms with Gasteiger partial charge in [-0.1, -0.05) is 0 Å². The van der Waals surface area contributed by atoms with Gasteiger partial charge < -0.3 is 33.9 Å². The number of rotatable bonds is 6. The lowest BCUT2D eigenvalue weighted by Gasteiger charge is -2.24. The Labute approximate surface area is 100 Å². The van der Waals surface area contributed by atoms with Crippen molar-refractivity contribution >= 4 is 0 Å². The van der Waals surface area contributed by atoms with E-state index in [1.54, 1.807) is 0 Å². The molecular formula is C10H20O7. The van der Waals surface area contributed by atoms with Crippen molar-refractivity contribution < 1.29 is 33.9 Å². The topological polar surface area (TPSA) is 86.6 Å².